The van der Waals surface area contributed by atoms with Crippen LogP contribution in [0.1, 0.15) is 27.2 Å². The SMILES string of the molecule is CC(C)(C)OC(=O)N1CCC(CNC(=O)COc2ncc(Br)cn2)C1. The van der Waals surface area contributed by atoms with Gasteiger partial charge in [0.15, 0.2) is 6.61 Å². The number of ether oxygens (including phenoxy) is 2. The standard InChI is InChI=1S/C16H23BrN4O4/c1-16(2,3)25-15(23)21-5-4-11(9-21)6-18-13(22)10-24-14-19-7-12(17)8-20-14/h7-8,11H,4-6,9-10H2,1-3H3,(H,18,22). The van der Waals surface area contributed by atoms with Crippen LogP contribution in [0.5, 0.6) is 6.01 Å². The third-order valence-corrected chi connectivity index (χ3v) is 3.86. The molecule has 2 heterocycles. The van der Waals surface area contributed by atoms with Crippen molar-refractivity contribution in [3.05, 3.63) is 16.9 Å². The third kappa shape index (κ3) is 6.85. The predicted octanol–water partition coefficient (Wildman–Crippen LogP) is 1.99. The molecular weight excluding hydrogens is 392 g/mol. The summed E-state index contributed by atoms with van der Waals surface area (Å²) in [6.07, 6.45) is 3.61. The number of carbonyl (C=O) groups excluding carboxylic acids is 2. The molecule has 138 valence electrons. The number of nitrogens with one attached hydrogen (secondary N) is 1. The molecule has 1 aliphatic heterocycles. The van der Waals surface area contributed by atoms with E-state index in [2.05, 4.69) is 31.2 Å². The first kappa shape index (κ1) is 19.4. The predicted molar refractivity (Wildman–Crippen MR) is 94.2 cm³/mol. The fourth-order valence-corrected chi connectivity index (χ4v) is 2.51. The Hall–Kier alpha value is -1.90. The summed E-state index contributed by atoms with van der Waals surface area (Å²) < 4.78 is 11.3. The highest BCUT2D eigenvalue weighted by Gasteiger charge is 2.29. The summed E-state index contributed by atoms with van der Waals surface area (Å²) in [5.41, 5.74) is -0.504. The van der Waals surface area contributed by atoms with Crippen molar-refractivity contribution in [2.24, 2.45) is 5.92 Å². The molecule has 2 rings (SSSR count). The zero-order chi connectivity index (χ0) is 18.4. The van der Waals surface area contributed by atoms with Gasteiger partial charge in [0.25, 0.3) is 5.91 Å². The lowest BCUT2D eigenvalue weighted by Crippen LogP contribution is -2.37. The van der Waals surface area contributed by atoms with Crippen LogP contribution in [-0.2, 0) is 9.53 Å². The minimum absolute atomic E-state index is 0.148. The number of halogens is 1. The molecule has 1 N–H and O–H groups in total. The maximum atomic E-state index is 12.0. The average Bonchev–Trinajstić information content (AvgIpc) is 3.00. The second-order valence-electron chi connectivity index (χ2n) is 6.86. The van der Waals surface area contributed by atoms with Crippen molar-refractivity contribution < 1.29 is 19.1 Å². The quantitative estimate of drug-likeness (QED) is 0.791. The number of nitrogens with zero attached hydrogens (tertiary/aromatic N) is 3. The van der Waals surface area contributed by atoms with Gasteiger partial charge in [-0.25, -0.2) is 14.8 Å². The van der Waals surface area contributed by atoms with E-state index in [4.69, 9.17) is 9.47 Å². The molecule has 1 aliphatic rings. The lowest BCUT2D eigenvalue weighted by Gasteiger charge is -2.24. The summed E-state index contributed by atoms with van der Waals surface area (Å²) in [5.74, 6) is -0.0392. The van der Waals surface area contributed by atoms with Crippen LogP contribution >= 0.6 is 15.9 Å². The largest absolute Gasteiger partial charge is 0.453 e. The molecule has 9 heteroatoms. The summed E-state index contributed by atoms with van der Waals surface area (Å²) in [5, 5.41) is 2.81. The van der Waals surface area contributed by atoms with Gasteiger partial charge in [0.1, 0.15) is 5.60 Å². The molecule has 0 radical (unpaired) electrons. The van der Waals surface area contributed by atoms with E-state index in [1.54, 1.807) is 17.3 Å². The molecule has 0 bridgehead atoms. The Morgan fingerprint density at radius 1 is 1.36 bits per heavy atom. The van der Waals surface area contributed by atoms with Gasteiger partial charge in [0.05, 0.1) is 4.47 Å². The molecule has 0 spiro atoms. The van der Waals surface area contributed by atoms with Crippen LogP contribution in [0.25, 0.3) is 0 Å². The van der Waals surface area contributed by atoms with Gasteiger partial charge in [-0.2, -0.15) is 0 Å². The summed E-state index contributed by atoms with van der Waals surface area (Å²) in [4.78, 5) is 33.4. The molecule has 8 nitrogen and oxygen atoms in total. The summed E-state index contributed by atoms with van der Waals surface area (Å²) in [6.45, 7) is 7.08. The van der Waals surface area contributed by atoms with Crippen LogP contribution in [0.15, 0.2) is 16.9 Å². The van der Waals surface area contributed by atoms with Crippen LogP contribution in [0.2, 0.25) is 0 Å². The maximum Gasteiger partial charge on any atom is 0.410 e. The van der Waals surface area contributed by atoms with E-state index in [9.17, 15) is 9.59 Å². The van der Waals surface area contributed by atoms with E-state index >= 15 is 0 Å². The first-order valence-corrected chi connectivity index (χ1v) is 8.87. The molecule has 1 atom stereocenters. The van der Waals surface area contributed by atoms with Gasteiger partial charge < -0.3 is 19.7 Å². The first-order valence-electron chi connectivity index (χ1n) is 8.08. The molecule has 0 aromatic carbocycles. The number of amides is 2. The van der Waals surface area contributed by atoms with Crippen LogP contribution in [-0.4, -0.2) is 58.7 Å². The summed E-state index contributed by atoms with van der Waals surface area (Å²) >= 11 is 3.22. The molecule has 25 heavy (non-hydrogen) atoms. The van der Waals surface area contributed by atoms with Crippen LogP contribution < -0.4 is 10.1 Å². The van der Waals surface area contributed by atoms with E-state index in [0.29, 0.717) is 19.6 Å². The Morgan fingerprint density at radius 2 is 2.04 bits per heavy atom. The number of likely N-dealkylation sites (tertiary alicyclic amines) is 1. The molecule has 2 amide bonds. The molecule has 0 saturated carbocycles. The Morgan fingerprint density at radius 3 is 2.68 bits per heavy atom. The highest BCUT2D eigenvalue weighted by Crippen LogP contribution is 2.19. The Bertz CT molecular complexity index is 603. The second-order valence-corrected chi connectivity index (χ2v) is 7.77. The number of hydrogen-bond donors (Lipinski definition) is 1. The van der Waals surface area contributed by atoms with Crippen molar-refractivity contribution in [2.75, 3.05) is 26.2 Å². The van der Waals surface area contributed by atoms with Crippen molar-refractivity contribution >= 4 is 27.9 Å². The van der Waals surface area contributed by atoms with Gasteiger partial charge in [0.2, 0.25) is 0 Å². The highest BCUT2D eigenvalue weighted by molar-refractivity contribution is 9.10. The highest BCUT2D eigenvalue weighted by atomic mass is 79.9. The molecule has 1 aromatic heterocycles. The van der Waals surface area contributed by atoms with Crippen molar-refractivity contribution in [1.82, 2.24) is 20.2 Å². The molecule has 1 aromatic rings. The van der Waals surface area contributed by atoms with Crippen molar-refractivity contribution in [3.63, 3.8) is 0 Å². The van der Waals surface area contributed by atoms with E-state index in [1.807, 2.05) is 20.8 Å². The zero-order valence-electron chi connectivity index (χ0n) is 14.6. The zero-order valence-corrected chi connectivity index (χ0v) is 16.2. The molecule has 1 unspecified atom stereocenters. The van der Waals surface area contributed by atoms with Crippen molar-refractivity contribution in [1.29, 1.82) is 0 Å². The molecule has 1 fully saturated rings. The Kier molecular flexibility index (Phi) is 6.57. The van der Waals surface area contributed by atoms with Crippen LogP contribution in [0.3, 0.4) is 0 Å². The maximum absolute atomic E-state index is 12.0. The van der Waals surface area contributed by atoms with Gasteiger partial charge in [0, 0.05) is 32.0 Å². The van der Waals surface area contributed by atoms with Crippen LogP contribution in [0.4, 0.5) is 4.79 Å². The fourth-order valence-electron chi connectivity index (χ4n) is 2.31. The Labute approximate surface area is 155 Å². The lowest BCUT2D eigenvalue weighted by molar-refractivity contribution is -0.123. The second kappa shape index (κ2) is 8.46. The molecule has 1 saturated heterocycles. The van der Waals surface area contributed by atoms with Crippen molar-refractivity contribution in [2.45, 2.75) is 32.8 Å². The van der Waals surface area contributed by atoms with E-state index in [-0.39, 0.29) is 30.5 Å². The van der Waals surface area contributed by atoms with Gasteiger partial charge in [-0.3, -0.25) is 4.79 Å². The average molecular weight is 415 g/mol. The first-order chi connectivity index (χ1) is 11.7. The number of carbonyl (C=O) groups is 2. The van der Waals surface area contributed by atoms with Crippen molar-refractivity contribution in [3.8, 4) is 6.01 Å². The molecular formula is C16H23BrN4O4. The van der Waals surface area contributed by atoms with E-state index in [0.717, 1.165) is 10.9 Å². The number of rotatable bonds is 5. The Balaban J connectivity index is 1.67. The normalized spacial score (nSPS) is 17.3. The van der Waals surface area contributed by atoms with Gasteiger partial charge in [-0.15, -0.1) is 0 Å². The van der Waals surface area contributed by atoms with Gasteiger partial charge in [-0.1, -0.05) is 0 Å². The van der Waals surface area contributed by atoms with Crippen LogP contribution in [0, 0.1) is 5.92 Å². The summed E-state index contributed by atoms with van der Waals surface area (Å²) in [6, 6.07) is 0.148. The van der Waals surface area contributed by atoms with E-state index in [1.165, 1.54) is 0 Å². The van der Waals surface area contributed by atoms with Gasteiger partial charge in [-0.05, 0) is 49.0 Å². The fraction of sp³-hybridized carbons (Fsp3) is 0.625. The monoisotopic (exact) mass is 414 g/mol. The lowest BCUT2D eigenvalue weighted by atomic mass is 10.1. The minimum Gasteiger partial charge on any atom is -0.453 e. The minimum atomic E-state index is -0.504. The van der Waals surface area contributed by atoms with E-state index < -0.39 is 5.60 Å². The molecule has 0 aliphatic carbocycles. The van der Waals surface area contributed by atoms with Gasteiger partial charge >= 0.3 is 12.1 Å². The third-order valence-electron chi connectivity index (χ3n) is 3.45. The smallest absolute Gasteiger partial charge is 0.410 e. The topological polar surface area (TPSA) is 93.7 Å². The number of aromatic nitrogens is 2. The summed E-state index contributed by atoms with van der Waals surface area (Å²) in [7, 11) is 0. The number of hydrogen-bond acceptors (Lipinski definition) is 6.